The summed E-state index contributed by atoms with van der Waals surface area (Å²) in [7, 11) is 0. The van der Waals surface area contributed by atoms with Crippen molar-refractivity contribution >= 4 is 11.6 Å². The van der Waals surface area contributed by atoms with Gasteiger partial charge in [-0.25, -0.2) is 13.8 Å². The van der Waals surface area contributed by atoms with Gasteiger partial charge in [-0.15, -0.1) is 0 Å². The maximum Gasteiger partial charge on any atom is 0.168 e. The molecule has 0 saturated carbocycles. The molecule has 1 aromatic rings. The fraction of sp³-hybridized carbons (Fsp3) is 0.583. The molecule has 1 aliphatic heterocycles. The van der Waals surface area contributed by atoms with E-state index in [1.807, 2.05) is 0 Å². The number of hydrogen-bond donors (Lipinski definition) is 2. The minimum absolute atomic E-state index is 0.0194. The Bertz CT molecular complexity index is 405. The molecule has 1 aromatic heterocycles. The number of aromatic nitrogens is 1. The molecule has 1 fully saturated rings. The Morgan fingerprint density at radius 3 is 2.67 bits per heavy atom. The van der Waals surface area contributed by atoms with Crippen molar-refractivity contribution in [3.8, 4) is 0 Å². The van der Waals surface area contributed by atoms with E-state index in [1.165, 1.54) is 19.3 Å². The number of nitrogens with one attached hydrogen (secondary N) is 1. The SMILES string of the molecule is Nc1nc(NCCN2CCCCC2)c(F)cc1F. The van der Waals surface area contributed by atoms with Gasteiger partial charge in [0, 0.05) is 19.2 Å². The molecule has 0 radical (unpaired) electrons. The van der Waals surface area contributed by atoms with E-state index in [2.05, 4.69) is 15.2 Å². The van der Waals surface area contributed by atoms with Crippen LogP contribution in [0.4, 0.5) is 20.4 Å². The van der Waals surface area contributed by atoms with E-state index in [1.54, 1.807) is 0 Å². The van der Waals surface area contributed by atoms with E-state index in [-0.39, 0.29) is 11.6 Å². The van der Waals surface area contributed by atoms with E-state index in [0.29, 0.717) is 6.54 Å². The lowest BCUT2D eigenvalue weighted by atomic mass is 10.1. The van der Waals surface area contributed by atoms with Gasteiger partial charge in [-0.2, -0.15) is 0 Å². The summed E-state index contributed by atoms with van der Waals surface area (Å²) in [6.07, 6.45) is 3.72. The number of hydrogen-bond acceptors (Lipinski definition) is 4. The van der Waals surface area contributed by atoms with Crippen LogP contribution in [0, 0.1) is 11.6 Å². The van der Waals surface area contributed by atoms with Crippen molar-refractivity contribution in [2.45, 2.75) is 19.3 Å². The van der Waals surface area contributed by atoms with E-state index < -0.39 is 11.6 Å². The summed E-state index contributed by atoms with van der Waals surface area (Å²) in [4.78, 5) is 5.97. The molecule has 0 atom stereocenters. The molecule has 6 heteroatoms. The first-order valence-corrected chi connectivity index (χ1v) is 6.24. The summed E-state index contributed by atoms with van der Waals surface area (Å²) >= 11 is 0. The molecule has 3 N–H and O–H groups in total. The Labute approximate surface area is 105 Å². The molecule has 1 saturated heterocycles. The molecule has 18 heavy (non-hydrogen) atoms. The number of nitrogens with zero attached hydrogens (tertiary/aromatic N) is 2. The van der Waals surface area contributed by atoms with Gasteiger partial charge in [0.1, 0.15) is 0 Å². The van der Waals surface area contributed by atoms with Crippen molar-refractivity contribution in [1.29, 1.82) is 0 Å². The largest absolute Gasteiger partial charge is 0.381 e. The quantitative estimate of drug-likeness (QED) is 0.863. The maximum absolute atomic E-state index is 13.4. The van der Waals surface area contributed by atoms with Crippen molar-refractivity contribution in [3.63, 3.8) is 0 Å². The fourth-order valence-electron chi connectivity index (χ4n) is 2.12. The third-order valence-electron chi connectivity index (χ3n) is 3.13. The Balaban J connectivity index is 1.84. The van der Waals surface area contributed by atoms with Crippen LogP contribution in [-0.4, -0.2) is 36.1 Å². The normalized spacial score (nSPS) is 16.8. The molecule has 100 valence electrons. The highest BCUT2D eigenvalue weighted by atomic mass is 19.1. The molecule has 0 bridgehead atoms. The Kier molecular flexibility index (Phi) is 4.30. The molecule has 0 amide bonds. The van der Waals surface area contributed by atoms with Gasteiger partial charge in [-0.1, -0.05) is 6.42 Å². The molecular formula is C12H18F2N4. The van der Waals surface area contributed by atoms with E-state index in [0.717, 1.165) is 25.7 Å². The van der Waals surface area contributed by atoms with Gasteiger partial charge in [0.05, 0.1) is 0 Å². The smallest absolute Gasteiger partial charge is 0.168 e. The second-order valence-electron chi connectivity index (χ2n) is 4.51. The zero-order valence-electron chi connectivity index (χ0n) is 10.3. The summed E-state index contributed by atoms with van der Waals surface area (Å²) < 4.78 is 26.3. The highest BCUT2D eigenvalue weighted by molar-refractivity contribution is 5.44. The number of rotatable bonds is 4. The van der Waals surface area contributed by atoms with Crippen LogP contribution in [0.25, 0.3) is 0 Å². The summed E-state index contributed by atoms with van der Waals surface area (Å²) in [5.74, 6) is -1.79. The van der Waals surface area contributed by atoms with Crippen LogP contribution in [0.15, 0.2) is 6.07 Å². The summed E-state index contributed by atoms with van der Waals surface area (Å²) in [5, 5.41) is 2.85. The molecular weight excluding hydrogens is 238 g/mol. The molecule has 0 aromatic carbocycles. The molecule has 0 spiro atoms. The number of anilines is 2. The van der Waals surface area contributed by atoms with Gasteiger partial charge in [-0.05, 0) is 25.9 Å². The average Bonchev–Trinajstić information content (AvgIpc) is 2.37. The fourth-order valence-corrected chi connectivity index (χ4v) is 2.12. The maximum atomic E-state index is 13.4. The average molecular weight is 256 g/mol. The first-order valence-electron chi connectivity index (χ1n) is 6.24. The highest BCUT2D eigenvalue weighted by Crippen LogP contribution is 2.16. The van der Waals surface area contributed by atoms with Crippen LogP contribution >= 0.6 is 0 Å². The van der Waals surface area contributed by atoms with Crippen LogP contribution in [-0.2, 0) is 0 Å². The van der Waals surface area contributed by atoms with Crippen LogP contribution in [0.2, 0.25) is 0 Å². The Morgan fingerprint density at radius 1 is 1.22 bits per heavy atom. The van der Waals surface area contributed by atoms with E-state index in [9.17, 15) is 8.78 Å². The van der Waals surface area contributed by atoms with Gasteiger partial charge < -0.3 is 16.0 Å². The van der Waals surface area contributed by atoms with E-state index >= 15 is 0 Å². The summed E-state index contributed by atoms with van der Waals surface area (Å²) in [6.45, 7) is 3.58. The van der Waals surface area contributed by atoms with Crippen molar-refractivity contribution in [2.24, 2.45) is 0 Å². The Morgan fingerprint density at radius 2 is 1.94 bits per heavy atom. The number of piperidine rings is 1. The molecule has 4 nitrogen and oxygen atoms in total. The van der Waals surface area contributed by atoms with Gasteiger partial charge >= 0.3 is 0 Å². The molecule has 2 heterocycles. The minimum atomic E-state index is -0.825. The first kappa shape index (κ1) is 13.0. The molecule has 1 aliphatic rings. The van der Waals surface area contributed by atoms with Crippen LogP contribution in [0.1, 0.15) is 19.3 Å². The predicted molar refractivity (Wildman–Crippen MR) is 67.3 cm³/mol. The number of halogens is 2. The number of nitrogens with two attached hydrogens (primary N) is 1. The summed E-state index contributed by atoms with van der Waals surface area (Å²) in [5.41, 5.74) is 5.30. The van der Waals surface area contributed by atoms with Crippen LogP contribution < -0.4 is 11.1 Å². The van der Waals surface area contributed by atoms with Crippen LogP contribution in [0.5, 0.6) is 0 Å². The number of likely N-dealkylation sites (tertiary alicyclic amines) is 1. The lowest BCUT2D eigenvalue weighted by Crippen LogP contribution is -2.33. The predicted octanol–water partition coefficient (Wildman–Crippen LogP) is 1.84. The zero-order chi connectivity index (χ0) is 13.0. The zero-order valence-corrected chi connectivity index (χ0v) is 10.3. The van der Waals surface area contributed by atoms with E-state index in [4.69, 9.17) is 5.73 Å². The third kappa shape index (κ3) is 3.29. The first-order chi connectivity index (χ1) is 8.66. The van der Waals surface area contributed by atoms with Gasteiger partial charge in [0.2, 0.25) is 0 Å². The third-order valence-corrected chi connectivity index (χ3v) is 3.13. The van der Waals surface area contributed by atoms with Crippen molar-refractivity contribution in [1.82, 2.24) is 9.88 Å². The van der Waals surface area contributed by atoms with Crippen molar-refractivity contribution in [3.05, 3.63) is 17.7 Å². The Hall–Kier alpha value is -1.43. The van der Waals surface area contributed by atoms with Crippen LogP contribution in [0.3, 0.4) is 0 Å². The van der Waals surface area contributed by atoms with Crippen molar-refractivity contribution < 1.29 is 8.78 Å². The monoisotopic (exact) mass is 256 g/mol. The number of nitrogen functional groups attached to an aromatic ring is 1. The number of pyridine rings is 1. The topological polar surface area (TPSA) is 54.2 Å². The van der Waals surface area contributed by atoms with Crippen molar-refractivity contribution in [2.75, 3.05) is 37.2 Å². The second-order valence-corrected chi connectivity index (χ2v) is 4.51. The molecule has 0 aliphatic carbocycles. The second kappa shape index (κ2) is 5.95. The standard InChI is InChI=1S/C12H18F2N4/c13-9-8-10(14)12(17-11(9)15)16-4-7-18-5-2-1-3-6-18/h8H,1-7H2,(H3,15,16,17). The lowest BCUT2D eigenvalue weighted by molar-refractivity contribution is 0.237. The lowest BCUT2D eigenvalue weighted by Gasteiger charge is -2.26. The molecule has 2 rings (SSSR count). The summed E-state index contributed by atoms with van der Waals surface area (Å²) in [6, 6.07) is 0.756. The minimum Gasteiger partial charge on any atom is -0.381 e. The van der Waals surface area contributed by atoms with Gasteiger partial charge in [-0.3, -0.25) is 0 Å². The van der Waals surface area contributed by atoms with Gasteiger partial charge in [0.15, 0.2) is 23.3 Å². The highest BCUT2D eigenvalue weighted by Gasteiger charge is 2.11. The molecule has 0 unspecified atom stereocenters. The van der Waals surface area contributed by atoms with Gasteiger partial charge in [0.25, 0.3) is 0 Å².